The van der Waals surface area contributed by atoms with Gasteiger partial charge in [-0.2, -0.15) is 0 Å². The molecule has 2 aromatic carbocycles. The van der Waals surface area contributed by atoms with Crippen LogP contribution >= 0.6 is 0 Å². The van der Waals surface area contributed by atoms with Crippen LogP contribution in [0.2, 0.25) is 0 Å². The maximum Gasteiger partial charge on any atom is 0.340 e. The third-order valence-electron chi connectivity index (χ3n) is 3.11. The highest BCUT2D eigenvalue weighted by molar-refractivity contribution is 5.96. The van der Waals surface area contributed by atoms with E-state index in [2.05, 4.69) is 5.32 Å². The Bertz CT molecular complexity index is 624. The van der Waals surface area contributed by atoms with E-state index >= 15 is 0 Å². The van der Waals surface area contributed by atoms with Gasteiger partial charge in [-0.05, 0) is 42.3 Å². The second-order valence-electron chi connectivity index (χ2n) is 4.64. The van der Waals surface area contributed by atoms with Crippen molar-refractivity contribution in [2.24, 2.45) is 0 Å². The molecule has 0 radical (unpaired) electrons. The normalized spacial score (nSPS) is 10.1. The first-order chi connectivity index (χ1) is 10.1. The lowest BCUT2D eigenvalue weighted by atomic mass is 10.1. The molecule has 5 nitrogen and oxygen atoms in total. The highest BCUT2D eigenvalue weighted by atomic mass is 16.5. The molecule has 0 saturated carbocycles. The van der Waals surface area contributed by atoms with Crippen LogP contribution in [-0.2, 0) is 11.2 Å². The molecule has 0 unspecified atom stereocenters. The van der Waals surface area contributed by atoms with E-state index in [9.17, 15) is 9.90 Å². The number of esters is 1. The number of nitrogens with one attached hydrogen (secondary N) is 1. The molecule has 0 aliphatic rings. The zero-order valence-corrected chi connectivity index (χ0v) is 11.8. The van der Waals surface area contributed by atoms with Crippen molar-refractivity contribution in [1.29, 1.82) is 0 Å². The number of aromatic hydroxyl groups is 1. The van der Waals surface area contributed by atoms with E-state index in [4.69, 9.17) is 10.5 Å². The van der Waals surface area contributed by atoms with E-state index in [0.29, 0.717) is 23.5 Å². The number of nitrogens with two attached hydrogens (primary N) is 1. The summed E-state index contributed by atoms with van der Waals surface area (Å²) in [5.41, 5.74) is 8.41. The third kappa shape index (κ3) is 3.89. The molecule has 0 aromatic heterocycles. The summed E-state index contributed by atoms with van der Waals surface area (Å²) in [6.45, 7) is 0.651. The van der Waals surface area contributed by atoms with Crippen molar-refractivity contribution in [2.45, 2.75) is 6.42 Å². The van der Waals surface area contributed by atoms with Gasteiger partial charge in [0.25, 0.3) is 0 Å². The number of carbonyl (C=O) groups excluding carboxylic acids is 1. The monoisotopic (exact) mass is 286 g/mol. The van der Waals surface area contributed by atoms with Gasteiger partial charge >= 0.3 is 5.97 Å². The Balaban J connectivity index is 2.02. The Morgan fingerprint density at radius 2 is 1.95 bits per heavy atom. The molecule has 0 aliphatic carbocycles. The number of phenols is 1. The minimum Gasteiger partial charge on any atom is -0.508 e. The average molecular weight is 286 g/mol. The summed E-state index contributed by atoms with van der Waals surface area (Å²) < 4.78 is 4.75. The van der Waals surface area contributed by atoms with Crippen LogP contribution in [0.1, 0.15) is 15.9 Å². The number of phenolic OH excluding ortho intramolecular Hbond substituents is 1. The smallest absolute Gasteiger partial charge is 0.340 e. The Kier molecular flexibility index (Phi) is 4.66. The largest absolute Gasteiger partial charge is 0.508 e. The first-order valence-corrected chi connectivity index (χ1v) is 6.60. The Morgan fingerprint density at radius 1 is 1.24 bits per heavy atom. The second-order valence-corrected chi connectivity index (χ2v) is 4.64. The van der Waals surface area contributed by atoms with Crippen molar-refractivity contribution in [2.75, 3.05) is 24.7 Å². The highest BCUT2D eigenvalue weighted by Crippen LogP contribution is 2.20. The van der Waals surface area contributed by atoms with Crippen molar-refractivity contribution in [3.05, 3.63) is 53.6 Å². The molecule has 2 aromatic rings. The predicted octanol–water partition coefficient (Wildman–Crippen LogP) is 2.42. The Labute approximate surface area is 123 Å². The molecule has 0 amide bonds. The lowest BCUT2D eigenvalue weighted by molar-refractivity contribution is 0.0602. The molecule has 2 rings (SSSR count). The molecule has 21 heavy (non-hydrogen) atoms. The molecule has 5 heteroatoms. The van der Waals surface area contributed by atoms with Gasteiger partial charge in [0, 0.05) is 17.9 Å². The Hall–Kier alpha value is -2.69. The van der Waals surface area contributed by atoms with E-state index in [0.717, 1.165) is 12.0 Å². The molecule has 0 atom stereocenters. The SMILES string of the molecule is COC(=O)c1cc(N)ccc1NCCc1ccc(O)cc1. The third-order valence-corrected chi connectivity index (χ3v) is 3.11. The van der Waals surface area contributed by atoms with Crippen molar-refractivity contribution in [3.8, 4) is 5.75 Å². The fraction of sp³-hybridized carbons (Fsp3) is 0.188. The van der Waals surface area contributed by atoms with Crippen LogP contribution in [0.5, 0.6) is 5.75 Å². The predicted molar refractivity (Wildman–Crippen MR) is 82.5 cm³/mol. The molecule has 4 N–H and O–H groups in total. The summed E-state index contributed by atoms with van der Waals surface area (Å²) in [5, 5.41) is 12.4. The minimum absolute atomic E-state index is 0.248. The van der Waals surface area contributed by atoms with Crippen molar-refractivity contribution in [3.63, 3.8) is 0 Å². The molecule has 0 heterocycles. The van der Waals surface area contributed by atoms with Crippen LogP contribution in [0.25, 0.3) is 0 Å². The number of benzene rings is 2. The van der Waals surface area contributed by atoms with Crippen molar-refractivity contribution in [1.82, 2.24) is 0 Å². The van der Waals surface area contributed by atoms with Crippen LogP contribution in [0.4, 0.5) is 11.4 Å². The van der Waals surface area contributed by atoms with Crippen LogP contribution < -0.4 is 11.1 Å². The van der Waals surface area contributed by atoms with Gasteiger partial charge in [-0.1, -0.05) is 12.1 Å². The summed E-state index contributed by atoms with van der Waals surface area (Å²) in [6, 6.07) is 12.1. The first kappa shape index (κ1) is 14.7. The number of rotatable bonds is 5. The molecule has 110 valence electrons. The lowest BCUT2D eigenvalue weighted by Gasteiger charge is -2.11. The summed E-state index contributed by atoms with van der Waals surface area (Å²) in [5.74, 6) is -0.173. The average Bonchev–Trinajstić information content (AvgIpc) is 2.50. The number of carbonyl (C=O) groups is 1. The van der Waals surface area contributed by atoms with Gasteiger partial charge in [-0.25, -0.2) is 4.79 Å². The van der Waals surface area contributed by atoms with Gasteiger partial charge in [-0.3, -0.25) is 0 Å². The maximum atomic E-state index is 11.7. The Morgan fingerprint density at radius 3 is 2.62 bits per heavy atom. The summed E-state index contributed by atoms with van der Waals surface area (Å²) in [6.07, 6.45) is 0.769. The fourth-order valence-electron chi connectivity index (χ4n) is 2.00. The molecule has 0 bridgehead atoms. The van der Waals surface area contributed by atoms with Crippen LogP contribution in [0, 0.1) is 0 Å². The molecular formula is C16H18N2O3. The molecule has 0 fully saturated rings. The number of ether oxygens (including phenoxy) is 1. The fourth-order valence-corrected chi connectivity index (χ4v) is 2.00. The van der Waals surface area contributed by atoms with Crippen molar-refractivity contribution >= 4 is 17.3 Å². The number of nitrogen functional groups attached to an aromatic ring is 1. The van der Waals surface area contributed by atoms with Crippen molar-refractivity contribution < 1.29 is 14.6 Å². The van der Waals surface area contributed by atoms with E-state index < -0.39 is 5.97 Å². The van der Waals surface area contributed by atoms with Crippen LogP contribution in [0.15, 0.2) is 42.5 Å². The first-order valence-electron chi connectivity index (χ1n) is 6.60. The standard InChI is InChI=1S/C16H18N2O3/c1-21-16(20)14-10-12(17)4-7-15(14)18-9-8-11-2-5-13(19)6-3-11/h2-7,10,18-19H,8-9,17H2,1H3. The van der Waals surface area contributed by atoms with Crippen LogP contribution in [-0.4, -0.2) is 24.7 Å². The van der Waals surface area contributed by atoms with E-state index in [1.165, 1.54) is 7.11 Å². The van der Waals surface area contributed by atoms with E-state index in [1.54, 1.807) is 30.3 Å². The second kappa shape index (κ2) is 6.65. The highest BCUT2D eigenvalue weighted by Gasteiger charge is 2.11. The molecule has 0 aliphatic heterocycles. The van der Waals surface area contributed by atoms with Gasteiger partial charge in [0.1, 0.15) is 5.75 Å². The zero-order valence-electron chi connectivity index (χ0n) is 11.8. The maximum absolute atomic E-state index is 11.7. The number of methoxy groups -OCH3 is 1. The summed E-state index contributed by atoms with van der Waals surface area (Å²) in [7, 11) is 1.34. The van der Waals surface area contributed by atoms with E-state index in [1.807, 2.05) is 12.1 Å². The summed E-state index contributed by atoms with van der Waals surface area (Å²) in [4.78, 5) is 11.7. The van der Waals surface area contributed by atoms with Crippen LogP contribution in [0.3, 0.4) is 0 Å². The van der Waals surface area contributed by atoms with Gasteiger partial charge in [0.15, 0.2) is 0 Å². The van der Waals surface area contributed by atoms with Gasteiger partial charge in [0.05, 0.1) is 12.7 Å². The number of anilines is 2. The van der Waals surface area contributed by atoms with E-state index in [-0.39, 0.29) is 5.75 Å². The molecule has 0 saturated heterocycles. The lowest BCUT2D eigenvalue weighted by Crippen LogP contribution is -2.11. The van der Waals surface area contributed by atoms with Gasteiger partial charge in [-0.15, -0.1) is 0 Å². The zero-order chi connectivity index (χ0) is 15.2. The number of hydrogen-bond donors (Lipinski definition) is 3. The van der Waals surface area contributed by atoms with Gasteiger partial charge < -0.3 is 20.9 Å². The summed E-state index contributed by atoms with van der Waals surface area (Å²) >= 11 is 0. The molecule has 0 spiro atoms. The topological polar surface area (TPSA) is 84.6 Å². The van der Waals surface area contributed by atoms with Gasteiger partial charge in [0.2, 0.25) is 0 Å². The molecular weight excluding hydrogens is 268 g/mol. The minimum atomic E-state index is -0.422. The quantitative estimate of drug-likeness (QED) is 0.580. The number of hydrogen-bond acceptors (Lipinski definition) is 5.